The van der Waals surface area contributed by atoms with Crippen LogP contribution in [0.4, 0.5) is 5.69 Å². The number of rotatable bonds is 0. The molecular weight excluding hydrogens is 376 g/mol. The van der Waals surface area contributed by atoms with Gasteiger partial charge in [-0.1, -0.05) is 0 Å². The summed E-state index contributed by atoms with van der Waals surface area (Å²) in [7, 11) is 1.70. The van der Waals surface area contributed by atoms with E-state index in [2.05, 4.69) is 20.5 Å². The number of anilines is 1. The lowest BCUT2D eigenvalue weighted by molar-refractivity contribution is 0.0861. The van der Waals surface area contributed by atoms with Gasteiger partial charge in [0.25, 0.3) is 5.91 Å². The van der Waals surface area contributed by atoms with E-state index in [4.69, 9.17) is 9.47 Å². The summed E-state index contributed by atoms with van der Waals surface area (Å²) in [6.45, 7) is 1.14. The van der Waals surface area contributed by atoms with Crippen molar-refractivity contribution < 1.29 is 19.1 Å². The molecule has 10 heteroatoms. The van der Waals surface area contributed by atoms with Crippen LogP contribution in [-0.2, 0) is 11.8 Å². The first kappa shape index (κ1) is 18.8. The van der Waals surface area contributed by atoms with E-state index in [0.29, 0.717) is 49.1 Å². The topological polar surface area (TPSA) is 113 Å². The number of ether oxygens (including phenoxy) is 2. The predicted octanol–water partition coefficient (Wildman–Crippen LogP) is 1.62. The Hall–Kier alpha value is -3.53. The number of hydrogen-bond donors (Lipinski definition) is 1. The maximum Gasteiger partial charge on any atom is 0.258 e. The molecule has 4 rings (SSSR count). The summed E-state index contributed by atoms with van der Waals surface area (Å²) in [6.07, 6.45) is 7.08. The molecule has 4 heterocycles. The maximum absolute atomic E-state index is 12.7. The summed E-state index contributed by atoms with van der Waals surface area (Å²) >= 11 is 0. The Kier molecular flexibility index (Phi) is 5.34. The number of hydrogen-bond acceptors (Lipinski definition) is 7. The molecule has 1 aliphatic heterocycles. The standard InChI is InChI=1S/C19H20N6O4/c1-24-12-15-18(23-24)16(26)3-2-6-28-7-8-29-17-9-14(4-5-20-17)25-11-13(10-21-25)19(27)22-15/h4-5,9-12H,2-3,6-8H2,1H3,(H,22,27). The molecule has 29 heavy (non-hydrogen) atoms. The number of nitrogens with zero attached hydrogens (tertiary/aromatic N) is 5. The van der Waals surface area contributed by atoms with Gasteiger partial charge in [0.1, 0.15) is 6.61 Å². The van der Waals surface area contributed by atoms with E-state index in [1.54, 1.807) is 42.5 Å². The highest BCUT2D eigenvalue weighted by atomic mass is 16.5. The first-order valence-corrected chi connectivity index (χ1v) is 9.20. The van der Waals surface area contributed by atoms with E-state index >= 15 is 0 Å². The fourth-order valence-electron chi connectivity index (χ4n) is 2.94. The lowest BCUT2D eigenvalue weighted by Gasteiger charge is -2.08. The zero-order chi connectivity index (χ0) is 20.2. The van der Waals surface area contributed by atoms with Gasteiger partial charge in [-0.05, 0) is 12.5 Å². The lowest BCUT2D eigenvalue weighted by Crippen LogP contribution is -2.14. The molecule has 0 saturated carbocycles. The summed E-state index contributed by atoms with van der Waals surface area (Å²) in [4.78, 5) is 29.4. The quantitative estimate of drug-likeness (QED) is 0.614. The maximum atomic E-state index is 12.7. The van der Waals surface area contributed by atoms with Gasteiger partial charge in [-0.25, -0.2) is 9.67 Å². The third-order valence-corrected chi connectivity index (χ3v) is 4.34. The minimum absolute atomic E-state index is 0.156. The summed E-state index contributed by atoms with van der Waals surface area (Å²) in [5.41, 5.74) is 1.66. The van der Waals surface area contributed by atoms with Crippen molar-refractivity contribution in [3.63, 3.8) is 0 Å². The molecule has 0 fully saturated rings. The highest BCUT2D eigenvalue weighted by Crippen LogP contribution is 2.19. The molecule has 4 bridgehead atoms. The highest BCUT2D eigenvalue weighted by Gasteiger charge is 2.19. The highest BCUT2D eigenvalue weighted by molar-refractivity contribution is 6.08. The third-order valence-electron chi connectivity index (χ3n) is 4.34. The number of nitrogens with one attached hydrogen (secondary N) is 1. The lowest BCUT2D eigenvalue weighted by atomic mass is 10.1. The van der Waals surface area contributed by atoms with Crippen LogP contribution in [0.2, 0.25) is 0 Å². The smallest absolute Gasteiger partial charge is 0.258 e. The molecule has 10 nitrogen and oxygen atoms in total. The van der Waals surface area contributed by atoms with Crippen LogP contribution in [0.1, 0.15) is 33.7 Å². The van der Waals surface area contributed by atoms with E-state index in [-0.39, 0.29) is 23.8 Å². The molecular formula is C19H20N6O4. The number of pyridine rings is 1. The largest absolute Gasteiger partial charge is 0.475 e. The van der Waals surface area contributed by atoms with Crippen LogP contribution >= 0.6 is 0 Å². The third kappa shape index (κ3) is 4.32. The fourth-order valence-corrected chi connectivity index (χ4v) is 2.94. The number of ketones is 1. The zero-order valence-corrected chi connectivity index (χ0v) is 15.9. The minimum atomic E-state index is -0.381. The molecule has 1 N–H and O–H groups in total. The van der Waals surface area contributed by atoms with E-state index in [9.17, 15) is 9.59 Å². The Balaban J connectivity index is 1.64. The Labute approximate surface area is 166 Å². The number of amides is 1. The number of Topliss-reactive ketones (excluding diaryl/α,β-unsaturated/α-hetero) is 1. The van der Waals surface area contributed by atoms with Gasteiger partial charge in [0.15, 0.2) is 11.5 Å². The second-order valence-corrected chi connectivity index (χ2v) is 6.53. The van der Waals surface area contributed by atoms with E-state index in [0.717, 1.165) is 0 Å². The van der Waals surface area contributed by atoms with Crippen LogP contribution in [0.25, 0.3) is 5.69 Å². The molecule has 3 aromatic rings. The number of aryl methyl sites for hydroxylation is 1. The van der Waals surface area contributed by atoms with Crippen molar-refractivity contribution >= 4 is 17.4 Å². The van der Waals surface area contributed by atoms with Crippen molar-refractivity contribution in [2.24, 2.45) is 7.05 Å². The summed E-state index contributed by atoms with van der Waals surface area (Å²) < 4.78 is 14.2. The number of carbonyl (C=O) groups excluding carboxylic acids is 2. The summed E-state index contributed by atoms with van der Waals surface area (Å²) in [5, 5.41) is 11.2. The van der Waals surface area contributed by atoms with Crippen molar-refractivity contribution in [1.82, 2.24) is 24.5 Å². The summed E-state index contributed by atoms with van der Waals surface area (Å²) in [5.74, 6) is -0.103. The van der Waals surface area contributed by atoms with Gasteiger partial charge in [0.2, 0.25) is 5.88 Å². The second-order valence-electron chi connectivity index (χ2n) is 6.53. The van der Waals surface area contributed by atoms with Crippen molar-refractivity contribution in [3.05, 3.63) is 48.2 Å². The average molecular weight is 396 g/mol. The van der Waals surface area contributed by atoms with Crippen LogP contribution in [0, 0.1) is 0 Å². The van der Waals surface area contributed by atoms with Gasteiger partial charge in [0, 0.05) is 44.7 Å². The number of fused-ring (bicyclic) bond motifs is 6. The Morgan fingerprint density at radius 2 is 2.07 bits per heavy atom. The second kappa shape index (κ2) is 8.23. The molecule has 0 unspecified atom stereocenters. The van der Waals surface area contributed by atoms with Crippen molar-refractivity contribution in [2.45, 2.75) is 12.8 Å². The first-order valence-electron chi connectivity index (χ1n) is 9.20. The SMILES string of the molecule is Cn1cc2c(n1)C(=O)CCCOCCOc1cc(ccn1)-n1cc(cn1)C(=O)N2. The van der Waals surface area contributed by atoms with E-state index in [1.165, 1.54) is 10.9 Å². The molecule has 0 saturated heterocycles. The van der Waals surface area contributed by atoms with Crippen LogP contribution in [0.5, 0.6) is 5.88 Å². The molecule has 150 valence electrons. The average Bonchev–Trinajstić information content (AvgIpc) is 3.34. The van der Waals surface area contributed by atoms with Crippen LogP contribution in [0.3, 0.4) is 0 Å². The van der Waals surface area contributed by atoms with Gasteiger partial charge in [0.05, 0.1) is 29.7 Å². The molecule has 3 aromatic heterocycles. The molecule has 1 amide bonds. The van der Waals surface area contributed by atoms with Gasteiger partial charge in [-0.2, -0.15) is 10.2 Å². The van der Waals surface area contributed by atoms with Crippen molar-refractivity contribution in [1.29, 1.82) is 0 Å². The van der Waals surface area contributed by atoms with Crippen LogP contribution in [0.15, 0.2) is 36.9 Å². The van der Waals surface area contributed by atoms with Crippen LogP contribution < -0.4 is 10.1 Å². The Morgan fingerprint density at radius 3 is 2.97 bits per heavy atom. The number of aromatic nitrogens is 5. The van der Waals surface area contributed by atoms with Crippen LogP contribution in [-0.4, -0.2) is 56.1 Å². The fraction of sp³-hybridized carbons (Fsp3) is 0.316. The van der Waals surface area contributed by atoms with Gasteiger partial charge in [-0.15, -0.1) is 0 Å². The summed E-state index contributed by atoms with van der Waals surface area (Å²) in [6, 6.07) is 3.49. The minimum Gasteiger partial charge on any atom is -0.475 e. The van der Waals surface area contributed by atoms with Crippen molar-refractivity contribution in [2.75, 3.05) is 25.1 Å². The van der Waals surface area contributed by atoms with Gasteiger partial charge in [-0.3, -0.25) is 14.3 Å². The predicted molar refractivity (Wildman–Crippen MR) is 102 cm³/mol. The number of carbonyl (C=O) groups is 2. The first-order chi connectivity index (χ1) is 14.1. The molecule has 0 aromatic carbocycles. The molecule has 0 spiro atoms. The molecule has 0 radical (unpaired) electrons. The Bertz CT molecular complexity index is 1040. The zero-order valence-electron chi connectivity index (χ0n) is 15.9. The molecule has 1 aliphatic rings. The van der Waals surface area contributed by atoms with Gasteiger partial charge < -0.3 is 14.8 Å². The normalized spacial score (nSPS) is 15.6. The van der Waals surface area contributed by atoms with E-state index in [1.807, 2.05) is 0 Å². The van der Waals surface area contributed by atoms with Gasteiger partial charge >= 0.3 is 0 Å². The molecule has 0 atom stereocenters. The Morgan fingerprint density at radius 1 is 1.17 bits per heavy atom. The molecule has 0 aliphatic carbocycles. The van der Waals surface area contributed by atoms with Crippen molar-refractivity contribution in [3.8, 4) is 11.6 Å². The monoisotopic (exact) mass is 396 g/mol. The van der Waals surface area contributed by atoms with E-state index < -0.39 is 0 Å².